The number of para-hydroxylation sites is 4. The number of rotatable bonds is 9. The van der Waals surface area contributed by atoms with Crippen LogP contribution in [0.5, 0.6) is 0 Å². The molecule has 14 aromatic rings. The number of alkyl halides is 3. The molecule has 0 fully saturated rings. The van der Waals surface area contributed by atoms with Crippen LogP contribution in [-0.4, -0.2) is 68.5 Å². The van der Waals surface area contributed by atoms with Gasteiger partial charge in [0, 0.05) is 157 Å². The smallest absolute Gasteiger partial charge is 0.381 e. The maximum absolute atomic E-state index is 12.3. The number of thiazole rings is 2. The Balaban J connectivity index is 0.000000625. The summed E-state index contributed by atoms with van der Waals surface area (Å²) in [7, 11) is 0. The predicted octanol–water partition coefficient (Wildman–Crippen LogP) is 22.3. The molecule has 0 aliphatic heterocycles. The van der Waals surface area contributed by atoms with Crippen LogP contribution in [0.4, 0.5) is 13.2 Å². The van der Waals surface area contributed by atoms with Crippen molar-refractivity contribution in [2.45, 2.75) is 61.6 Å². The first-order valence-corrected chi connectivity index (χ1v) is 34.1. The number of carbonyl (C=O) groups is 4. The zero-order chi connectivity index (χ0) is 75.4. The van der Waals surface area contributed by atoms with Crippen molar-refractivity contribution in [1.29, 1.82) is 0 Å². The number of thiophene rings is 1. The summed E-state index contributed by atoms with van der Waals surface area (Å²) in [5.41, 5.74) is 8.32. The number of halogens is 3. The van der Waals surface area contributed by atoms with Gasteiger partial charge < -0.3 is 34.8 Å². The van der Waals surface area contributed by atoms with Gasteiger partial charge in [-0.1, -0.05) is 101 Å². The molecule has 25 heteroatoms. The number of oxazole rings is 1. The van der Waals surface area contributed by atoms with Gasteiger partial charge in [0.25, 0.3) is 0 Å². The SMILES string of the molecule is CC(=O)C=C(C)O.CC(=O)C=C(C)O.CC(=O)C=C(C)O.CC(=O)C=C(C)O.FC(F)(F)c1c[c-]c(-c2ccccn2)cc1.[Ir].[Ir].[Ir].[Ir].[Ir].[c-]1ccc2ccccc2c1-c1nc2ccccc2s1.[c-]1ccccc1-c1nc2ccccc2o1.[c-]1ccccc1-c1nc2ccccc2s1.[c-]1ccsc1-c1ccccn1. The second-order valence-electron chi connectivity index (χ2n) is 21.9. The Morgan fingerprint density at radius 2 is 0.881 bits per heavy atom. The van der Waals surface area contributed by atoms with E-state index in [0.29, 0.717) is 17.1 Å². The maximum atomic E-state index is 12.3. The number of hydrogen-bond donors (Lipinski definition) is 4. The van der Waals surface area contributed by atoms with E-state index in [1.165, 1.54) is 106 Å². The second kappa shape index (κ2) is 52.3. The van der Waals surface area contributed by atoms with Gasteiger partial charge >= 0.3 is 6.18 Å². The van der Waals surface area contributed by atoms with Crippen LogP contribution >= 0.6 is 34.0 Å². The van der Waals surface area contributed by atoms with E-state index >= 15 is 0 Å². The second-order valence-corrected chi connectivity index (χ2v) is 24.8. The van der Waals surface area contributed by atoms with Crippen LogP contribution in [0, 0.1) is 30.3 Å². The van der Waals surface area contributed by atoms with E-state index in [2.05, 4.69) is 105 Å². The molecule has 109 heavy (non-hydrogen) atoms. The number of hydrogen-bond acceptors (Lipinski definition) is 17. The van der Waals surface area contributed by atoms with E-state index in [1.54, 1.807) is 64.6 Å². The fourth-order valence-corrected chi connectivity index (χ4v) is 11.3. The zero-order valence-electron chi connectivity index (χ0n) is 59.4. The number of allylic oxidation sites excluding steroid dienone is 8. The van der Waals surface area contributed by atoms with Gasteiger partial charge in [0.05, 0.1) is 39.6 Å². The summed E-state index contributed by atoms with van der Waals surface area (Å²) in [4.78, 5) is 63.1. The molecule has 0 saturated heterocycles. The largest absolute Gasteiger partial charge is 0.512 e. The molecule has 0 atom stereocenters. The third kappa shape index (κ3) is 36.5. The van der Waals surface area contributed by atoms with Gasteiger partial charge in [0.1, 0.15) is 11.5 Å². The van der Waals surface area contributed by atoms with Gasteiger partial charge in [-0.25, -0.2) is 11.3 Å². The van der Waals surface area contributed by atoms with Crippen molar-refractivity contribution in [2.75, 3.05) is 0 Å². The Morgan fingerprint density at radius 3 is 1.31 bits per heavy atom. The van der Waals surface area contributed by atoms with Crippen molar-refractivity contribution in [2.24, 2.45) is 0 Å². The van der Waals surface area contributed by atoms with E-state index in [-0.39, 0.29) is 147 Å². The summed E-state index contributed by atoms with van der Waals surface area (Å²) in [5, 5.41) is 40.0. The molecule has 8 aromatic carbocycles. The van der Waals surface area contributed by atoms with Crippen LogP contribution in [-0.2, 0) is 126 Å². The molecule has 0 aliphatic rings. The van der Waals surface area contributed by atoms with Crippen LogP contribution in [0.15, 0.2) is 288 Å². The molecule has 6 heterocycles. The fourth-order valence-electron chi connectivity index (χ4n) is 8.68. The Morgan fingerprint density at radius 1 is 0.422 bits per heavy atom. The average Bonchev–Trinajstić information content (AvgIpc) is 1.73. The number of ketones is 4. The molecule has 0 aliphatic carbocycles. The minimum absolute atomic E-state index is 0. The third-order valence-electron chi connectivity index (χ3n) is 12.8. The molecule has 6 aromatic heterocycles. The van der Waals surface area contributed by atoms with E-state index < -0.39 is 11.7 Å². The van der Waals surface area contributed by atoms with Crippen molar-refractivity contribution < 1.29 is 158 Å². The number of fused-ring (bicyclic) bond motifs is 4. The van der Waals surface area contributed by atoms with Gasteiger partial charge in [-0.3, -0.25) is 34.1 Å². The molecule has 4 N–H and O–H groups in total. The fraction of sp³-hybridized carbons (Fsp3) is 0.107. The number of carbonyl (C=O) groups excluding carboxylic acids is 4. The minimum atomic E-state index is -4.32. The van der Waals surface area contributed by atoms with Crippen LogP contribution in [0.2, 0.25) is 0 Å². The quantitative estimate of drug-likeness (QED) is 0.0599. The Kier molecular flexibility index (Phi) is 47.1. The number of benzene rings is 8. The summed E-state index contributed by atoms with van der Waals surface area (Å²) < 4.78 is 44.9. The summed E-state index contributed by atoms with van der Waals surface area (Å²) >= 11 is 5.09. The summed E-state index contributed by atoms with van der Waals surface area (Å²) in [6.45, 7) is 11.4. The summed E-state index contributed by atoms with van der Waals surface area (Å²) in [6, 6.07) is 83.9. The Labute approximate surface area is 710 Å². The van der Waals surface area contributed by atoms with Gasteiger partial charge in [0.15, 0.2) is 23.1 Å². The van der Waals surface area contributed by atoms with Crippen molar-refractivity contribution in [1.82, 2.24) is 24.9 Å². The normalized spacial score (nSPS) is 10.5. The van der Waals surface area contributed by atoms with Gasteiger partial charge in [-0.2, -0.15) is 48.0 Å². The number of aromatic nitrogens is 5. The molecule has 14 nitrogen and oxygen atoms in total. The molecule has 5 radical (unpaired) electrons. The van der Waals surface area contributed by atoms with Crippen molar-refractivity contribution in [3.05, 3.63) is 319 Å². The first kappa shape index (κ1) is 98.2. The number of aliphatic hydroxyl groups is 4. The first-order valence-electron chi connectivity index (χ1n) is 31.6. The molecule has 0 unspecified atom stereocenters. The third-order valence-corrected chi connectivity index (χ3v) is 15.7. The molecular weight excluding hydrogens is 2340 g/mol. The maximum Gasteiger partial charge on any atom is 0.381 e. The van der Waals surface area contributed by atoms with E-state index in [9.17, 15) is 32.3 Å². The van der Waals surface area contributed by atoms with E-state index in [1.807, 2.05) is 133 Å². The van der Waals surface area contributed by atoms with Gasteiger partial charge in [-0.15, -0.1) is 131 Å². The monoisotopic (exact) mass is 2410 g/mol. The molecule has 0 spiro atoms. The van der Waals surface area contributed by atoms with Crippen LogP contribution in [0.1, 0.15) is 61.0 Å². The predicted molar refractivity (Wildman–Crippen MR) is 412 cm³/mol. The number of nitrogens with zero attached hydrogens (tertiary/aromatic N) is 5. The Hall–Kier alpha value is -8.85. The molecule has 575 valence electrons. The van der Waals surface area contributed by atoms with Gasteiger partial charge in [-0.05, 0) is 121 Å². The van der Waals surface area contributed by atoms with Crippen molar-refractivity contribution in [3.8, 4) is 54.4 Å². The topological polar surface area (TPSA) is 227 Å². The van der Waals surface area contributed by atoms with Crippen molar-refractivity contribution in [3.63, 3.8) is 0 Å². The van der Waals surface area contributed by atoms with Crippen molar-refractivity contribution >= 4 is 99.4 Å². The molecule has 0 bridgehead atoms. The van der Waals surface area contributed by atoms with Crippen LogP contribution in [0.25, 0.3) is 96.7 Å². The number of aliphatic hydroxyl groups excluding tert-OH is 4. The van der Waals surface area contributed by atoms with E-state index in [0.717, 1.165) is 71.5 Å². The summed E-state index contributed by atoms with van der Waals surface area (Å²) in [5.74, 6) is 0.372. The standard InChI is InChI=1S/C17H10NS.C13H8NO.C13H8NS.C12H7F3N.C9H6NS.4C5H8O2.5Ir/c1-2-8-13-12(6-1)7-5-9-14(13)17-18-15-10-3-4-11-16(15)19-17;2*1-2-6-10(7-3-1)13-14-11-8-4-5-9-12(11)15-13;13-12(14,15)10-6-4-9(5-7-10)11-3-1-2-8-16-11;1-2-6-10-8(4-1)9-5-3-7-11-9;4*1-4(6)3-5(2)7;;;;;/h1-8,10-11H;2*1-6,8-9H;1-4,6-8H;1-4,6-7H;4*3,6H,1-2H3;;;;;/q5*-1;;;;;;;;;. The van der Waals surface area contributed by atoms with Crippen LogP contribution < -0.4 is 0 Å². The molecule has 0 amide bonds. The first-order chi connectivity index (χ1) is 49.8. The van der Waals surface area contributed by atoms with E-state index in [4.69, 9.17) is 29.8 Å². The van der Waals surface area contributed by atoms with Gasteiger partial charge in [0.2, 0.25) is 0 Å². The molecule has 14 rings (SSSR count). The molecular formula is C84H71F3Ir5N5O9S3-5. The average molecular weight is 2410 g/mol. The number of pyridine rings is 2. The summed E-state index contributed by atoms with van der Waals surface area (Å²) in [6.07, 6.45) is 3.73. The zero-order valence-corrected chi connectivity index (χ0v) is 73.8. The van der Waals surface area contributed by atoms with Crippen LogP contribution in [0.3, 0.4) is 0 Å². The Bertz CT molecular complexity index is 4810. The molecule has 0 saturated carbocycles. The minimum Gasteiger partial charge on any atom is -0.512 e.